The van der Waals surface area contributed by atoms with Gasteiger partial charge in [0.15, 0.2) is 12.2 Å². The topological polar surface area (TPSA) is 237 Å². The lowest BCUT2D eigenvalue weighted by molar-refractivity contribution is -0.161. The Morgan fingerprint density at radius 3 is 0.828 bits per heavy atom. The van der Waals surface area contributed by atoms with E-state index in [1.54, 1.807) is 0 Å². The number of esters is 4. The summed E-state index contributed by atoms with van der Waals surface area (Å²) < 4.78 is 68.6. The van der Waals surface area contributed by atoms with Gasteiger partial charge in [-0.15, -0.1) is 0 Å². The number of carbonyl (C=O) groups excluding carboxylic acids is 4. The van der Waals surface area contributed by atoms with Crippen molar-refractivity contribution in [1.29, 1.82) is 0 Å². The first-order valence-corrected chi connectivity index (χ1v) is 43.8. The normalized spacial score (nSPS) is 14.1. The second-order valence-electron chi connectivity index (χ2n) is 29.1. The highest BCUT2D eigenvalue weighted by atomic mass is 31.2. The molecule has 0 aliphatic rings. The molecule has 0 radical (unpaired) electrons. The van der Waals surface area contributed by atoms with Gasteiger partial charge in [-0.1, -0.05) is 342 Å². The molecule has 0 amide bonds. The fourth-order valence-electron chi connectivity index (χ4n) is 11.8. The number of hydrogen-bond donors (Lipinski definition) is 3. The molecule has 0 rings (SSSR count). The van der Waals surface area contributed by atoms with E-state index in [0.29, 0.717) is 25.7 Å². The summed E-state index contributed by atoms with van der Waals surface area (Å²) in [4.78, 5) is 72.9. The number of unbranched alkanes of at least 4 members (excludes halogenated alkanes) is 44. The number of hydrogen-bond acceptors (Lipinski definition) is 15. The van der Waals surface area contributed by atoms with Gasteiger partial charge in [-0.3, -0.25) is 37.3 Å². The molecule has 19 heteroatoms. The monoisotopic (exact) mass is 1450 g/mol. The molecule has 0 saturated heterocycles. The van der Waals surface area contributed by atoms with Crippen LogP contribution >= 0.6 is 15.6 Å². The predicted octanol–water partition coefficient (Wildman–Crippen LogP) is 23.4. The van der Waals surface area contributed by atoms with Crippen LogP contribution in [0.15, 0.2) is 24.3 Å². The molecule has 0 saturated carbocycles. The molecule has 0 aromatic carbocycles. The van der Waals surface area contributed by atoms with Crippen LogP contribution in [0, 0.1) is 11.8 Å². The molecule has 0 aromatic rings. The first-order valence-electron chi connectivity index (χ1n) is 40.8. The number of rotatable bonds is 77. The third-order valence-corrected chi connectivity index (χ3v) is 20.0. The highest BCUT2D eigenvalue weighted by molar-refractivity contribution is 7.47. The van der Waals surface area contributed by atoms with E-state index in [1.165, 1.54) is 199 Å². The van der Waals surface area contributed by atoms with E-state index < -0.39 is 97.5 Å². The summed E-state index contributed by atoms with van der Waals surface area (Å²) in [6.07, 6.45) is 63.2. The molecular formula is C80H152O17P2. The van der Waals surface area contributed by atoms with Crippen LogP contribution < -0.4 is 0 Å². The standard InChI is InChI=1S/C80H152O17P2/c1-7-9-11-13-15-17-18-19-21-29-34-40-46-52-58-64-79(84)96-75(68-90-77(82)62-56-50-44-36-16-14-12-10-8-2)70-94-98(86,87)92-66-74(81)67-93-99(88,89)95-71-76(69-91-78(83)63-57-51-45-39-33-28-25-24-27-32-38-43-49-55-61-73(5)6)97-80(85)65-59-53-47-41-35-30-23-20-22-26-31-37-42-48-54-60-72(3)4/h17-19,21,72-76,81H,7-16,20,22-71H2,1-6H3,(H,86,87)(H,88,89)/b18-17-,21-19-/t74-,75+,76+/m0/s1. The second kappa shape index (κ2) is 71.2. The maximum atomic E-state index is 13.1. The van der Waals surface area contributed by atoms with E-state index in [9.17, 15) is 43.2 Å². The van der Waals surface area contributed by atoms with Gasteiger partial charge in [0, 0.05) is 25.7 Å². The van der Waals surface area contributed by atoms with Crippen LogP contribution in [0.5, 0.6) is 0 Å². The van der Waals surface area contributed by atoms with Crippen LogP contribution in [0.3, 0.4) is 0 Å². The third-order valence-electron chi connectivity index (χ3n) is 18.1. The number of aliphatic hydroxyl groups is 1. The molecule has 0 bridgehead atoms. The molecule has 584 valence electrons. The maximum absolute atomic E-state index is 13.1. The molecular weight excluding hydrogens is 1290 g/mol. The number of aliphatic hydroxyl groups excluding tert-OH is 1. The Hall–Kier alpha value is -2.46. The number of allylic oxidation sites excluding steroid dienone is 4. The zero-order valence-electron chi connectivity index (χ0n) is 64.3. The fraction of sp³-hybridized carbons (Fsp3) is 0.900. The van der Waals surface area contributed by atoms with E-state index in [4.69, 9.17) is 37.0 Å². The van der Waals surface area contributed by atoms with Gasteiger partial charge < -0.3 is 33.8 Å². The van der Waals surface area contributed by atoms with Crippen molar-refractivity contribution in [1.82, 2.24) is 0 Å². The predicted molar refractivity (Wildman–Crippen MR) is 404 cm³/mol. The van der Waals surface area contributed by atoms with Gasteiger partial charge in [-0.25, -0.2) is 9.13 Å². The number of carbonyl (C=O) groups is 4. The first kappa shape index (κ1) is 96.5. The molecule has 0 aliphatic carbocycles. The van der Waals surface area contributed by atoms with Gasteiger partial charge in [-0.2, -0.15) is 0 Å². The average Bonchev–Trinajstić information content (AvgIpc) is 1.37. The minimum Gasteiger partial charge on any atom is -0.462 e. The highest BCUT2D eigenvalue weighted by Crippen LogP contribution is 2.45. The van der Waals surface area contributed by atoms with Crippen molar-refractivity contribution in [2.45, 2.75) is 413 Å². The van der Waals surface area contributed by atoms with Crippen LogP contribution in [0.4, 0.5) is 0 Å². The Balaban J connectivity index is 5.26. The zero-order chi connectivity index (χ0) is 72.8. The van der Waals surface area contributed by atoms with E-state index in [2.05, 4.69) is 65.8 Å². The van der Waals surface area contributed by atoms with Crippen molar-refractivity contribution < 1.29 is 80.2 Å². The minimum atomic E-state index is -4.96. The summed E-state index contributed by atoms with van der Waals surface area (Å²) in [5.74, 6) is -0.542. The lowest BCUT2D eigenvalue weighted by atomic mass is 10.0. The molecule has 99 heavy (non-hydrogen) atoms. The molecule has 0 aromatic heterocycles. The zero-order valence-corrected chi connectivity index (χ0v) is 66.1. The van der Waals surface area contributed by atoms with Gasteiger partial charge >= 0.3 is 39.5 Å². The van der Waals surface area contributed by atoms with Crippen LogP contribution in [0.25, 0.3) is 0 Å². The van der Waals surface area contributed by atoms with Crippen LogP contribution in [-0.2, 0) is 65.4 Å². The number of phosphoric ester groups is 2. The molecule has 0 aliphatic heterocycles. The van der Waals surface area contributed by atoms with E-state index >= 15 is 0 Å². The number of phosphoric acid groups is 2. The molecule has 0 fully saturated rings. The lowest BCUT2D eigenvalue weighted by Crippen LogP contribution is -2.30. The van der Waals surface area contributed by atoms with Gasteiger partial charge in [0.2, 0.25) is 0 Å². The Kier molecular flexibility index (Phi) is 69.4. The van der Waals surface area contributed by atoms with Crippen molar-refractivity contribution in [2.24, 2.45) is 11.8 Å². The second-order valence-corrected chi connectivity index (χ2v) is 32.0. The quantitative estimate of drug-likeness (QED) is 0.0169. The maximum Gasteiger partial charge on any atom is 0.472 e. The van der Waals surface area contributed by atoms with Gasteiger partial charge in [-0.05, 0) is 63.2 Å². The summed E-state index contributed by atoms with van der Waals surface area (Å²) >= 11 is 0. The van der Waals surface area contributed by atoms with Crippen molar-refractivity contribution in [3.8, 4) is 0 Å². The van der Waals surface area contributed by atoms with Crippen molar-refractivity contribution in [3.05, 3.63) is 24.3 Å². The Morgan fingerprint density at radius 1 is 0.313 bits per heavy atom. The molecule has 3 N–H and O–H groups in total. The van der Waals surface area contributed by atoms with Gasteiger partial charge in [0.25, 0.3) is 0 Å². The molecule has 5 atom stereocenters. The third kappa shape index (κ3) is 73.6. The van der Waals surface area contributed by atoms with Crippen molar-refractivity contribution in [2.75, 3.05) is 39.6 Å². The molecule has 2 unspecified atom stereocenters. The summed E-state index contributed by atoms with van der Waals surface area (Å²) in [5.41, 5.74) is 0. The average molecular weight is 1450 g/mol. The Bertz CT molecular complexity index is 2000. The summed E-state index contributed by atoms with van der Waals surface area (Å²) in [6.45, 7) is 9.59. The van der Waals surface area contributed by atoms with Crippen LogP contribution in [0.2, 0.25) is 0 Å². The smallest absolute Gasteiger partial charge is 0.462 e. The SMILES string of the molecule is CCCCCC/C=C\C=C/CCCCCCCC(=O)O[C@H](COC(=O)CCCCCCCCCCC)COP(=O)(O)OC[C@H](O)COP(=O)(O)OC[C@@H](COC(=O)CCCCCCCCCCCCCCCCC(C)C)OC(=O)CCCCCCCCCCCCCCCCCC(C)C. The fourth-order valence-corrected chi connectivity index (χ4v) is 13.4. The molecule has 0 heterocycles. The van der Waals surface area contributed by atoms with Crippen molar-refractivity contribution in [3.63, 3.8) is 0 Å². The Morgan fingerprint density at radius 2 is 0.545 bits per heavy atom. The van der Waals surface area contributed by atoms with Gasteiger partial charge in [0.1, 0.15) is 19.3 Å². The first-order chi connectivity index (χ1) is 47.9. The van der Waals surface area contributed by atoms with Gasteiger partial charge in [0.05, 0.1) is 26.4 Å². The van der Waals surface area contributed by atoms with E-state index in [0.717, 1.165) is 115 Å². The Labute approximate surface area is 605 Å². The minimum absolute atomic E-state index is 0.0851. The van der Waals surface area contributed by atoms with Crippen LogP contribution in [0.1, 0.15) is 395 Å². The summed E-state index contributed by atoms with van der Waals surface area (Å²) in [5, 5.41) is 10.6. The van der Waals surface area contributed by atoms with E-state index in [-0.39, 0.29) is 25.7 Å². The lowest BCUT2D eigenvalue weighted by Gasteiger charge is -2.21. The highest BCUT2D eigenvalue weighted by Gasteiger charge is 2.30. The molecule has 17 nitrogen and oxygen atoms in total. The summed E-state index contributed by atoms with van der Waals surface area (Å²) in [6, 6.07) is 0. The largest absolute Gasteiger partial charge is 0.472 e. The van der Waals surface area contributed by atoms with E-state index in [1.807, 2.05) is 0 Å². The van der Waals surface area contributed by atoms with Crippen molar-refractivity contribution >= 4 is 39.5 Å². The summed E-state index contributed by atoms with van der Waals surface area (Å²) in [7, 11) is -9.93. The molecule has 0 spiro atoms. The number of ether oxygens (including phenoxy) is 4. The van der Waals surface area contributed by atoms with Crippen LogP contribution in [-0.4, -0.2) is 96.7 Å².